The van der Waals surface area contributed by atoms with Gasteiger partial charge in [-0.1, -0.05) is 39.3 Å². The van der Waals surface area contributed by atoms with Gasteiger partial charge in [-0.2, -0.15) is 0 Å². The van der Waals surface area contributed by atoms with E-state index in [-0.39, 0.29) is 0 Å². The second-order valence-electron chi connectivity index (χ2n) is 5.69. The summed E-state index contributed by atoms with van der Waals surface area (Å²) in [6, 6.07) is 7.06. The molecule has 1 atom stereocenters. The van der Waals surface area contributed by atoms with Crippen LogP contribution in [-0.2, 0) is 0 Å². The van der Waals surface area contributed by atoms with Crippen molar-refractivity contribution < 1.29 is 4.74 Å². The topological polar surface area (TPSA) is 21.3 Å². The fraction of sp³-hybridized carbons (Fsp3) is 0.647. The highest BCUT2D eigenvalue weighted by Crippen LogP contribution is 2.27. The molecule has 2 heteroatoms. The van der Waals surface area contributed by atoms with E-state index >= 15 is 0 Å². The van der Waals surface area contributed by atoms with Gasteiger partial charge in [-0.25, -0.2) is 0 Å². The Morgan fingerprint density at radius 1 is 1.21 bits per heavy atom. The van der Waals surface area contributed by atoms with Gasteiger partial charge in [0.25, 0.3) is 0 Å². The second kappa shape index (κ2) is 8.21. The van der Waals surface area contributed by atoms with Crippen LogP contribution in [0.2, 0.25) is 0 Å². The number of rotatable bonds is 8. The van der Waals surface area contributed by atoms with Crippen molar-refractivity contribution >= 4 is 0 Å². The van der Waals surface area contributed by atoms with E-state index in [1.807, 2.05) is 0 Å². The fourth-order valence-corrected chi connectivity index (χ4v) is 2.24. The first-order valence-corrected chi connectivity index (χ1v) is 7.51. The first-order valence-electron chi connectivity index (χ1n) is 7.51. The maximum Gasteiger partial charge on any atom is 0.123 e. The first kappa shape index (κ1) is 16.0. The van der Waals surface area contributed by atoms with Crippen molar-refractivity contribution in [1.29, 1.82) is 0 Å². The third kappa shape index (κ3) is 5.65. The SMILES string of the molecule is CCCC(C)NCCOc1cc(C)ccc1C(C)C. The van der Waals surface area contributed by atoms with Gasteiger partial charge in [0.1, 0.15) is 12.4 Å². The van der Waals surface area contributed by atoms with Gasteiger partial charge < -0.3 is 10.1 Å². The lowest BCUT2D eigenvalue weighted by Crippen LogP contribution is -2.30. The summed E-state index contributed by atoms with van der Waals surface area (Å²) in [4.78, 5) is 0. The number of aryl methyl sites for hydroxylation is 1. The molecule has 1 unspecified atom stereocenters. The van der Waals surface area contributed by atoms with Crippen molar-refractivity contribution in [2.75, 3.05) is 13.2 Å². The molecule has 19 heavy (non-hydrogen) atoms. The van der Waals surface area contributed by atoms with E-state index in [2.05, 4.69) is 58.1 Å². The molecule has 0 spiro atoms. The Hall–Kier alpha value is -1.02. The van der Waals surface area contributed by atoms with Gasteiger partial charge in [-0.3, -0.25) is 0 Å². The normalized spacial score (nSPS) is 12.7. The predicted molar refractivity (Wildman–Crippen MR) is 83.1 cm³/mol. The lowest BCUT2D eigenvalue weighted by atomic mass is 10.0. The molecule has 1 rings (SSSR count). The molecule has 1 aromatic rings. The molecule has 0 bridgehead atoms. The van der Waals surface area contributed by atoms with Gasteiger partial charge in [0, 0.05) is 12.6 Å². The summed E-state index contributed by atoms with van der Waals surface area (Å²) in [5.74, 6) is 1.54. The van der Waals surface area contributed by atoms with E-state index in [0.717, 1.165) is 18.9 Å². The number of hydrogen-bond donors (Lipinski definition) is 1. The minimum absolute atomic E-state index is 0.502. The number of ether oxygens (including phenoxy) is 1. The van der Waals surface area contributed by atoms with E-state index in [4.69, 9.17) is 4.74 Å². The van der Waals surface area contributed by atoms with Crippen LogP contribution in [0, 0.1) is 6.92 Å². The van der Waals surface area contributed by atoms with E-state index < -0.39 is 0 Å². The summed E-state index contributed by atoms with van der Waals surface area (Å²) in [5.41, 5.74) is 2.55. The molecule has 0 aromatic heterocycles. The summed E-state index contributed by atoms with van der Waals surface area (Å²) < 4.78 is 5.95. The Morgan fingerprint density at radius 2 is 1.95 bits per heavy atom. The lowest BCUT2D eigenvalue weighted by molar-refractivity contribution is 0.301. The quantitative estimate of drug-likeness (QED) is 0.707. The van der Waals surface area contributed by atoms with Gasteiger partial charge in [0.15, 0.2) is 0 Å². The summed E-state index contributed by atoms with van der Waals surface area (Å²) >= 11 is 0. The Labute approximate surface area is 118 Å². The highest BCUT2D eigenvalue weighted by molar-refractivity contribution is 5.39. The van der Waals surface area contributed by atoms with Gasteiger partial charge >= 0.3 is 0 Å². The van der Waals surface area contributed by atoms with E-state index in [1.165, 1.54) is 24.0 Å². The van der Waals surface area contributed by atoms with Crippen LogP contribution in [0.25, 0.3) is 0 Å². The van der Waals surface area contributed by atoms with Crippen molar-refractivity contribution in [1.82, 2.24) is 5.32 Å². The summed E-state index contributed by atoms with van der Waals surface area (Å²) in [6.07, 6.45) is 2.45. The molecule has 0 aliphatic carbocycles. The summed E-state index contributed by atoms with van der Waals surface area (Å²) in [5, 5.41) is 3.49. The van der Waals surface area contributed by atoms with Crippen molar-refractivity contribution in [2.24, 2.45) is 0 Å². The standard InChI is InChI=1S/C17H29NO/c1-6-7-15(5)18-10-11-19-17-12-14(4)8-9-16(17)13(2)3/h8-9,12-13,15,18H,6-7,10-11H2,1-5H3. The van der Waals surface area contributed by atoms with Crippen LogP contribution in [0.4, 0.5) is 0 Å². The number of nitrogens with one attached hydrogen (secondary N) is 1. The average molecular weight is 263 g/mol. The maximum atomic E-state index is 5.95. The molecule has 2 nitrogen and oxygen atoms in total. The summed E-state index contributed by atoms with van der Waals surface area (Å²) in [7, 11) is 0. The van der Waals surface area contributed by atoms with Gasteiger partial charge in [0.05, 0.1) is 0 Å². The highest BCUT2D eigenvalue weighted by Gasteiger charge is 2.08. The number of hydrogen-bond acceptors (Lipinski definition) is 2. The van der Waals surface area contributed by atoms with E-state index in [0.29, 0.717) is 12.0 Å². The van der Waals surface area contributed by atoms with Crippen LogP contribution < -0.4 is 10.1 Å². The molecule has 0 aliphatic heterocycles. The smallest absolute Gasteiger partial charge is 0.123 e. The van der Waals surface area contributed by atoms with Crippen LogP contribution in [0.3, 0.4) is 0 Å². The molecule has 0 heterocycles. The average Bonchev–Trinajstić information content (AvgIpc) is 2.34. The first-order chi connectivity index (χ1) is 9.04. The predicted octanol–water partition coefficient (Wildman–Crippen LogP) is 4.28. The zero-order valence-electron chi connectivity index (χ0n) is 13.1. The monoisotopic (exact) mass is 263 g/mol. The molecular weight excluding hydrogens is 234 g/mol. The lowest BCUT2D eigenvalue weighted by Gasteiger charge is -2.16. The highest BCUT2D eigenvalue weighted by atomic mass is 16.5. The van der Waals surface area contributed by atoms with Crippen LogP contribution in [-0.4, -0.2) is 19.2 Å². The van der Waals surface area contributed by atoms with Gasteiger partial charge in [0.2, 0.25) is 0 Å². The molecule has 1 N–H and O–H groups in total. The zero-order valence-corrected chi connectivity index (χ0v) is 13.1. The molecule has 0 aliphatic rings. The second-order valence-corrected chi connectivity index (χ2v) is 5.69. The molecule has 0 fully saturated rings. The van der Waals surface area contributed by atoms with Crippen molar-refractivity contribution in [2.45, 2.75) is 59.4 Å². The molecular formula is C17H29NO. The molecule has 0 saturated carbocycles. The Morgan fingerprint density at radius 3 is 2.58 bits per heavy atom. The largest absolute Gasteiger partial charge is 0.492 e. The molecule has 1 aromatic carbocycles. The minimum atomic E-state index is 0.502. The Balaban J connectivity index is 2.46. The molecule has 0 amide bonds. The molecule has 0 radical (unpaired) electrons. The Kier molecular flexibility index (Phi) is 6.93. The third-order valence-corrected chi connectivity index (χ3v) is 3.37. The fourth-order valence-electron chi connectivity index (χ4n) is 2.24. The van der Waals surface area contributed by atoms with E-state index in [1.54, 1.807) is 0 Å². The van der Waals surface area contributed by atoms with Crippen molar-refractivity contribution in [3.63, 3.8) is 0 Å². The number of benzene rings is 1. The van der Waals surface area contributed by atoms with Crippen LogP contribution in [0.1, 0.15) is 57.6 Å². The van der Waals surface area contributed by atoms with Crippen LogP contribution in [0.5, 0.6) is 5.75 Å². The molecule has 108 valence electrons. The Bertz CT molecular complexity index is 374. The third-order valence-electron chi connectivity index (χ3n) is 3.37. The van der Waals surface area contributed by atoms with Gasteiger partial charge in [-0.05, 0) is 43.4 Å². The van der Waals surface area contributed by atoms with Crippen molar-refractivity contribution in [3.05, 3.63) is 29.3 Å². The molecule has 0 saturated heterocycles. The maximum absolute atomic E-state index is 5.95. The summed E-state index contributed by atoms with van der Waals surface area (Å²) in [6.45, 7) is 12.6. The zero-order chi connectivity index (χ0) is 14.3. The van der Waals surface area contributed by atoms with E-state index in [9.17, 15) is 0 Å². The van der Waals surface area contributed by atoms with Crippen LogP contribution in [0.15, 0.2) is 18.2 Å². The minimum Gasteiger partial charge on any atom is -0.492 e. The van der Waals surface area contributed by atoms with Crippen molar-refractivity contribution in [3.8, 4) is 5.75 Å². The van der Waals surface area contributed by atoms with Gasteiger partial charge in [-0.15, -0.1) is 0 Å². The van der Waals surface area contributed by atoms with Crippen LogP contribution >= 0.6 is 0 Å².